The Morgan fingerprint density at radius 2 is 2.19 bits per heavy atom. The zero-order chi connectivity index (χ0) is 17.4. The molecule has 1 aromatic carbocycles. The number of likely N-dealkylation sites (N-methyl/N-ethyl adjacent to an activating group) is 1. The summed E-state index contributed by atoms with van der Waals surface area (Å²) in [6.07, 6.45) is 3.42. The average molecular weight is 377 g/mol. The van der Waals surface area contributed by atoms with Crippen LogP contribution in [0.1, 0.15) is 12.8 Å². The number of amides is 1. The highest BCUT2D eigenvalue weighted by molar-refractivity contribution is 6.01. The molecule has 1 aliphatic rings. The summed E-state index contributed by atoms with van der Waals surface area (Å²) in [5.74, 6) is -0.0582. The van der Waals surface area contributed by atoms with Gasteiger partial charge in [0, 0.05) is 24.5 Å². The van der Waals surface area contributed by atoms with Crippen LogP contribution in [0.25, 0.3) is 22.1 Å². The minimum absolute atomic E-state index is 0. The number of rotatable bonds is 4. The third-order valence-electron chi connectivity index (χ3n) is 4.79. The monoisotopic (exact) mass is 376 g/mol. The van der Waals surface area contributed by atoms with E-state index in [1.807, 2.05) is 30.1 Å². The molecule has 3 heterocycles. The van der Waals surface area contributed by atoms with Crippen molar-refractivity contribution in [2.75, 3.05) is 20.1 Å². The van der Waals surface area contributed by atoms with Crippen LogP contribution in [0.4, 0.5) is 0 Å². The summed E-state index contributed by atoms with van der Waals surface area (Å²) >= 11 is 0. The molecule has 1 N–H and O–H groups in total. The quantitative estimate of drug-likeness (QED) is 0.750. The number of likely N-dealkylation sites (tertiary alicyclic amines) is 1. The van der Waals surface area contributed by atoms with Crippen molar-refractivity contribution < 1.29 is 9.21 Å². The molecule has 1 aliphatic heterocycles. The summed E-state index contributed by atoms with van der Waals surface area (Å²) in [4.78, 5) is 31.5. The molecule has 0 saturated carbocycles. The second kappa shape index (κ2) is 7.47. The van der Waals surface area contributed by atoms with Gasteiger partial charge >= 0.3 is 0 Å². The second-order valence-corrected chi connectivity index (χ2v) is 6.39. The van der Waals surface area contributed by atoms with Crippen LogP contribution in [0.15, 0.2) is 39.8 Å². The Morgan fingerprint density at radius 1 is 1.38 bits per heavy atom. The van der Waals surface area contributed by atoms with Crippen LogP contribution < -0.4 is 10.9 Å². The van der Waals surface area contributed by atoms with Gasteiger partial charge in [0.05, 0.1) is 6.33 Å². The summed E-state index contributed by atoms with van der Waals surface area (Å²) < 4.78 is 6.99. The highest BCUT2D eigenvalue weighted by Gasteiger charge is 2.28. The number of carbonyl (C=O) groups is 1. The number of halogens is 1. The van der Waals surface area contributed by atoms with E-state index in [9.17, 15) is 9.59 Å². The first-order chi connectivity index (χ1) is 12.2. The number of nitrogens with one attached hydrogen (secondary N) is 1. The molecule has 7 nitrogen and oxygen atoms in total. The number of nitrogens with zero attached hydrogens (tertiary/aromatic N) is 3. The van der Waals surface area contributed by atoms with Gasteiger partial charge in [0.15, 0.2) is 0 Å². The minimum atomic E-state index is -0.320. The maximum atomic E-state index is 12.7. The minimum Gasteiger partial charge on any atom is -0.448 e. The molecule has 0 radical (unpaired) electrons. The van der Waals surface area contributed by atoms with Gasteiger partial charge in [-0.1, -0.05) is 12.1 Å². The first-order valence-electron chi connectivity index (χ1n) is 8.50. The molecule has 3 aromatic rings. The highest BCUT2D eigenvalue weighted by atomic mass is 35.5. The molecular weight excluding hydrogens is 356 g/mol. The van der Waals surface area contributed by atoms with Crippen molar-refractivity contribution in [1.29, 1.82) is 0 Å². The predicted octanol–water partition coefficient (Wildman–Crippen LogP) is 1.77. The SMILES string of the molecule is CNCC1CCCN1C(=O)Cn1cnc2c(oc3ccccc32)c1=O.Cl. The Labute approximate surface area is 156 Å². The Balaban J connectivity index is 0.00000196. The molecule has 2 aromatic heterocycles. The lowest BCUT2D eigenvalue weighted by molar-refractivity contribution is -0.132. The summed E-state index contributed by atoms with van der Waals surface area (Å²) in [6, 6.07) is 7.59. The number of hydrogen-bond donors (Lipinski definition) is 1. The van der Waals surface area contributed by atoms with Crippen LogP contribution in [-0.4, -0.2) is 46.5 Å². The first-order valence-corrected chi connectivity index (χ1v) is 8.50. The number of benzene rings is 1. The van der Waals surface area contributed by atoms with Crippen LogP contribution >= 0.6 is 12.4 Å². The van der Waals surface area contributed by atoms with Crippen LogP contribution in [0.3, 0.4) is 0 Å². The van der Waals surface area contributed by atoms with Crippen molar-refractivity contribution in [3.05, 3.63) is 40.9 Å². The normalized spacial score (nSPS) is 17.0. The molecule has 4 rings (SSSR count). The van der Waals surface area contributed by atoms with Crippen molar-refractivity contribution in [3.63, 3.8) is 0 Å². The van der Waals surface area contributed by atoms with Gasteiger partial charge in [-0.3, -0.25) is 14.2 Å². The van der Waals surface area contributed by atoms with Gasteiger partial charge in [0.1, 0.15) is 17.6 Å². The molecule has 26 heavy (non-hydrogen) atoms. The highest BCUT2D eigenvalue weighted by Crippen LogP contribution is 2.24. The van der Waals surface area contributed by atoms with Gasteiger partial charge in [-0.2, -0.15) is 0 Å². The maximum absolute atomic E-state index is 12.7. The Bertz CT molecular complexity index is 997. The maximum Gasteiger partial charge on any atom is 0.297 e. The molecule has 0 spiro atoms. The van der Waals surface area contributed by atoms with Gasteiger partial charge in [-0.05, 0) is 32.0 Å². The van der Waals surface area contributed by atoms with E-state index in [0.717, 1.165) is 31.3 Å². The molecule has 1 saturated heterocycles. The molecular formula is C18H21ClN4O3. The Morgan fingerprint density at radius 3 is 3.00 bits per heavy atom. The fraction of sp³-hybridized carbons (Fsp3) is 0.389. The lowest BCUT2D eigenvalue weighted by Gasteiger charge is -2.24. The molecule has 8 heteroatoms. The number of carbonyl (C=O) groups excluding carboxylic acids is 1. The van der Waals surface area contributed by atoms with Crippen LogP contribution in [-0.2, 0) is 11.3 Å². The van der Waals surface area contributed by atoms with Crippen molar-refractivity contribution >= 4 is 40.4 Å². The van der Waals surface area contributed by atoms with E-state index >= 15 is 0 Å². The molecule has 1 unspecified atom stereocenters. The van der Waals surface area contributed by atoms with Crippen LogP contribution in [0.2, 0.25) is 0 Å². The molecule has 138 valence electrons. The number of para-hydroxylation sites is 1. The zero-order valence-corrected chi connectivity index (χ0v) is 15.3. The Kier molecular flexibility index (Phi) is 5.29. The van der Waals surface area contributed by atoms with Crippen LogP contribution in [0, 0.1) is 0 Å². The van der Waals surface area contributed by atoms with E-state index in [-0.39, 0.29) is 42.0 Å². The third-order valence-corrected chi connectivity index (χ3v) is 4.79. The number of fused-ring (bicyclic) bond motifs is 3. The molecule has 1 amide bonds. The van der Waals surface area contributed by atoms with E-state index in [2.05, 4.69) is 10.3 Å². The molecule has 1 fully saturated rings. The van der Waals surface area contributed by atoms with E-state index < -0.39 is 0 Å². The third kappa shape index (κ3) is 3.08. The number of furan rings is 1. The summed E-state index contributed by atoms with van der Waals surface area (Å²) in [6.45, 7) is 1.49. The standard InChI is InChI=1S/C18H20N4O3.ClH/c1-19-9-12-5-4-8-22(12)15(23)10-21-11-20-16-13-6-2-3-7-14(13)25-17(16)18(21)24;/h2-3,6-7,11-12,19H,4-5,8-10H2,1H3;1H. The average Bonchev–Trinajstić information content (AvgIpc) is 3.22. The topological polar surface area (TPSA) is 80.4 Å². The van der Waals surface area contributed by atoms with E-state index in [1.54, 1.807) is 6.07 Å². The molecule has 0 bridgehead atoms. The molecule has 0 aliphatic carbocycles. The van der Waals surface area contributed by atoms with E-state index in [0.29, 0.717) is 11.1 Å². The lowest BCUT2D eigenvalue weighted by atomic mass is 10.2. The summed E-state index contributed by atoms with van der Waals surface area (Å²) in [5.41, 5.74) is 1.04. The van der Waals surface area contributed by atoms with Crippen molar-refractivity contribution in [3.8, 4) is 0 Å². The van der Waals surface area contributed by atoms with E-state index in [4.69, 9.17) is 4.42 Å². The van der Waals surface area contributed by atoms with Crippen molar-refractivity contribution in [2.45, 2.75) is 25.4 Å². The number of aromatic nitrogens is 2. The Hall–Kier alpha value is -2.38. The van der Waals surface area contributed by atoms with E-state index in [1.165, 1.54) is 10.9 Å². The van der Waals surface area contributed by atoms with Gasteiger partial charge in [-0.25, -0.2) is 4.98 Å². The van der Waals surface area contributed by atoms with Gasteiger partial charge in [0.2, 0.25) is 11.5 Å². The fourth-order valence-corrected chi connectivity index (χ4v) is 3.58. The second-order valence-electron chi connectivity index (χ2n) is 6.39. The van der Waals surface area contributed by atoms with Gasteiger partial charge in [-0.15, -0.1) is 12.4 Å². The summed E-state index contributed by atoms with van der Waals surface area (Å²) in [7, 11) is 1.88. The molecule has 1 atom stereocenters. The summed E-state index contributed by atoms with van der Waals surface area (Å²) in [5, 5.41) is 3.93. The van der Waals surface area contributed by atoms with Gasteiger partial charge in [0.25, 0.3) is 5.56 Å². The van der Waals surface area contributed by atoms with Crippen molar-refractivity contribution in [1.82, 2.24) is 19.8 Å². The van der Waals surface area contributed by atoms with Crippen molar-refractivity contribution in [2.24, 2.45) is 0 Å². The van der Waals surface area contributed by atoms with Gasteiger partial charge < -0.3 is 14.6 Å². The van der Waals surface area contributed by atoms with Crippen LogP contribution in [0.5, 0.6) is 0 Å². The first kappa shape index (κ1) is 18.4. The smallest absolute Gasteiger partial charge is 0.297 e. The zero-order valence-electron chi connectivity index (χ0n) is 14.5. The number of hydrogen-bond acceptors (Lipinski definition) is 5. The predicted molar refractivity (Wildman–Crippen MR) is 102 cm³/mol. The fourth-order valence-electron chi connectivity index (χ4n) is 3.58. The largest absolute Gasteiger partial charge is 0.448 e. The lowest BCUT2D eigenvalue weighted by Crippen LogP contribution is -2.43.